The summed E-state index contributed by atoms with van der Waals surface area (Å²) in [5, 5.41) is 2.31. The van der Waals surface area contributed by atoms with Crippen molar-refractivity contribution < 1.29 is 14.0 Å². The first-order valence-corrected chi connectivity index (χ1v) is 7.53. The maximum absolute atomic E-state index is 14.4. The molecule has 1 N–H and O–H groups in total. The van der Waals surface area contributed by atoms with Crippen LogP contribution in [0.2, 0.25) is 0 Å². The van der Waals surface area contributed by atoms with Crippen LogP contribution < -0.4 is 10.2 Å². The molecule has 0 radical (unpaired) electrons. The second kappa shape index (κ2) is 5.84. The Balaban J connectivity index is 1.80. The second-order valence-corrected chi connectivity index (χ2v) is 5.76. The fourth-order valence-corrected chi connectivity index (χ4v) is 3.14. The van der Waals surface area contributed by atoms with Gasteiger partial charge in [-0.25, -0.2) is 4.39 Å². The molecular formula is C16H19FN2O2. The molecule has 112 valence electrons. The van der Waals surface area contributed by atoms with Gasteiger partial charge < -0.3 is 4.90 Å². The van der Waals surface area contributed by atoms with Gasteiger partial charge in [-0.05, 0) is 43.4 Å². The van der Waals surface area contributed by atoms with Gasteiger partial charge in [-0.3, -0.25) is 14.9 Å². The van der Waals surface area contributed by atoms with Gasteiger partial charge in [-0.1, -0.05) is 6.07 Å². The summed E-state index contributed by atoms with van der Waals surface area (Å²) in [5.74, 6) is -1.27. The lowest BCUT2D eigenvalue weighted by Gasteiger charge is -2.29. The van der Waals surface area contributed by atoms with Gasteiger partial charge in [0, 0.05) is 19.5 Å². The van der Waals surface area contributed by atoms with Gasteiger partial charge >= 0.3 is 0 Å². The van der Waals surface area contributed by atoms with Crippen molar-refractivity contribution in [3.05, 3.63) is 29.6 Å². The number of nitrogens with zero attached hydrogens (tertiary/aromatic N) is 1. The largest absolute Gasteiger partial charge is 0.369 e. The van der Waals surface area contributed by atoms with E-state index in [-0.39, 0.29) is 17.6 Å². The number of piperidine rings is 2. The fraction of sp³-hybridized carbons (Fsp3) is 0.500. The number of benzene rings is 1. The maximum atomic E-state index is 14.4. The van der Waals surface area contributed by atoms with E-state index >= 15 is 0 Å². The van der Waals surface area contributed by atoms with Gasteiger partial charge in [0.15, 0.2) is 0 Å². The second-order valence-electron chi connectivity index (χ2n) is 5.76. The summed E-state index contributed by atoms with van der Waals surface area (Å²) in [4.78, 5) is 25.1. The van der Waals surface area contributed by atoms with Crippen LogP contribution in [0.4, 0.5) is 10.1 Å². The third-order valence-corrected chi connectivity index (χ3v) is 4.31. The van der Waals surface area contributed by atoms with Crippen molar-refractivity contribution >= 4 is 17.5 Å². The van der Waals surface area contributed by atoms with Gasteiger partial charge in [0.1, 0.15) is 5.82 Å². The summed E-state index contributed by atoms with van der Waals surface area (Å²) in [5.41, 5.74) is 1.27. The number of hydrogen-bond acceptors (Lipinski definition) is 3. The monoisotopic (exact) mass is 290 g/mol. The standard InChI is InChI=1S/C16H19FN2O2/c17-13-10-11(12-5-7-15(20)18-16(12)21)4-6-14(13)19-8-2-1-3-9-19/h4,6,10,12H,1-3,5,7-9H2,(H,18,20,21). The molecule has 1 aromatic rings. The Kier molecular flexibility index (Phi) is 3.90. The normalized spacial score (nSPS) is 23.1. The molecule has 2 fully saturated rings. The highest BCUT2D eigenvalue weighted by molar-refractivity contribution is 6.00. The minimum absolute atomic E-state index is 0.248. The first kappa shape index (κ1) is 14.0. The minimum Gasteiger partial charge on any atom is -0.369 e. The highest BCUT2D eigenvalue weighted by atomic mass is 19.1. The number of nitrogens with one attached hydrogen (secondary N) is 1. The summed E-state index contributed by atoms with van der Waals surface area (Å²) in [7, 11) is 0. The Hall–Kier alpha value is -1.91. The summed E-state index contributed by atoms with van der Waals surface area (Å²) >= 11 is 0. The number of amides is 2. The van der Waals surface area contributed by atoms with E-state index < -0.39 is 5.92 Å². The van der Waals surface area contributed by atoms with Crippen LogP contribution in [0.5, 0.6) is 0 Å². The van der Waals surface area contributed by atoms with Crippen LogP contribution in [-0.2, 0) is 9.59 Å². The number of hydrogen-bond donors (Lipinski definition) is 1. The molecule has 0 spiro atoms. The van der Waals surface area contributed by atoms with Gasteiger partial charge in [0.05, 0.1) is 11.6 Å². The van der Waals surface area contributed by atoms with E-state index in [9.17, 15) is 14.0 Å². The lowest BCUT2D eigenvalue weighted by Crippen LogP contribution is -2.39. The van der Waals surface area contributed by atoms with Crippen molar-refractivity contribution in [2.75, 3.05) is 18.0 Å². The van der Waals surface area contributed by atoms with Crippen molar-refractivity contribution in [2.45, 2.75) is 38.0 Å². The zero-order valence-corrected chi connectivity index (χ0v) is 11.9. The number of carbonyl (C=O) groups excluding carboxylic acids is 2. The summed E-state index contributed by atoms with van der Waals surface area (Å²) in [6.45, 7) is 1.77. The maximum Gasteiger partial charge on any atom is 0.234 e. The molecule has 5 heteroatoms. The Morgan fingerprint density at radius 2 is 1.90 bits per heavy atom. The zero-order chi connectivity index (χ0) is 14.8. The van der Waals surface area contributed by atoms with Crippen molar-refractivity contribution in [3.63, 3.8) is 0 Å². The van der Waals surface area contributed by atoms with Gasteiger partial charge in [-0.15, -0.1) is 0 Å². The molecule has 2 heterocycles. The molecule has 0 bridgehead atoms. The lowest BCUT2D eigenvalue weighted by atomic mass is 9.90. The van der Waals surface area contributed by atoms with Gasteiger partial charge in [-0.2, -0.15) is 0 Å². The molecule has 0 saturated carbocycles. The third-order valence-electron chi connectivity index (χ3n) is 4.31. The number of rotatable bonds is 2. The van der Waals surface area contributed by atoms with E-state index in [1.54, 1.807) is 6.07 Å². The molecular weight excluding hydrogens is 271 g/mol. The quantitative estimate of drug-likeness (QED) is 0.851. The van der Waals surface area contributed by atoms with E-state index in [0.29, 0.717) is 24.1 Å². The molecule has 3 rings (SSSR count). The molecule has 4 nitrogen and oxygen atoms in total. The Morgan fingerprint density at radius 1 is 1.14 bits per heavy atom. The van der Waals surface area contributed by atoms with Crippen LogP contribution >= 0.6 is 0 Å². The molecule has 0 aromatic heterocycles. The highest BCUT2D eigenvalue weighted by Gasteiger charge is 2.28. The predicted octanol–water partition coefficient (Wildman–Crippen LogP) is 2.34. The Labute approximate surface area is 123 Å². The zero-order valence-electron chi connectivity index (χ0n) is 11.9. The number of imide groups is 1. The lowest BCUT2D eigenvalue weighted by molar-refractivity contribution is -0.134. The molecule has 1 atom stereocenters. The van der Waals surface area contributed by atoms with Crippen molar-refractivity contribution in [1.29, 1.82) is 0 Å². The van der Waals surface area contributed by atoms with E-state index in [2.05, 4.69) is 10.2 Å². The number of carbonyl (C=O) groups is 2. The highest BCUT2D eigenvalue weighted by Crippen LogP contribution is 2.30. The molecule has 1 aromatic carbocycles. The van der Waals surface area contributed by atoms with Crippen LogP contribution in [0, 0.1) is 5.82 Å². The van der Waals surface area contributed by atoms with E-state index in [1.165, 1.54) is 12.5 Å². The van der Waals surface area contributed by atoms with Crippen molar-refractivity contribution in [1.82, 2.24) is 5.32 Å². The van der Waals surface area contributed by atoms with E-state index in [1.807, 2.05) is 6.07 Å². The fourth-order valence-electron chi connectivity index (χ4n) is 3.14. The van der Waals surface area contributed by atoms with Crippen LogP contribution in [0.3, 0.4) is 0 Å². The predicted molar refractivity (Wildman–Crippen MR) is 77.6 cm³/mol. The van der Waals surface area contributed by atoms with Crippen molar-refractivity contribution in [2.24, 2.45) is 0 Å². The SMILES string of the molecule is O=C1CCC(c2ccc(N3CCCCC3)c(F)c2)C(=O)N1. The number of anilines is 1. The van der Waals surface area contributed by atoms with E-state index in [4.69, 9.17) is 0 Å². The molecule has 0 aliphatic carbocycles. The Morgan fingerprint density at radius 3 is 2.57 bits per heavy atom. The molecule has 2 amide bonds. The topological polar surface area (TPSA) is 49.4 Å². The average Bonchev–Trinajstić information content (AvgIpc) is 2.48. The third kappa shape index (κ3) is 2.91. The van der Waals surface area contributed by atoms with E-state index in [0.717, 1.165) is 25.9 Å². The molecule has 21 heavy (non-hydrogen) atoms. The van der Waals surface area contributed by atoms with Crippen molar-refractivity contribution in [3.8, 4) is 0 Å². The van der Waals surface area contributed by atoms with Crippen LogP contribution in [0.1, 0.15) is 43.6 Å². The van der Waals surface area contributed by atoms with Gasteiger partial charge in [0.2, 0.25) is 11.8 Å². The van der Waals surface area contributed by atoms with Crippen LogP contribution in [0.15, 0.2) is 18.2 Å². The molecule has 1 unspecified atom stereocenters. The number of halogens is 1. The van der Waals surface area contributed by atoms with Crippen LogP contribution in [-0.4, -0.2) is 24.9 Å². The smallest absolute Gasteiger partial charge is 0.234 e. The first-order valence-electron chi connectivity index (χ1n) is 7.53. The Bertz CT molecular complexity index is 567. The van der Waals surface area contributed by atoms with Crippen LogP contribution in [0.25, 0.3) is 0 Å². The van der Waals surface area contributed by atoms with Gasteiger partial charge in [0.25, 0.3) is 0 Å². The molecule has 2 aliphatic heterocycles. The summed E-state index contributed by atoms with van der Waals surface area (Å²) < 4.78 is 14.4. The average molecular weight is 290 g/mol. The molecule has 2 aliphatic rings. The first-order chi connectivity index (χ1) is 10.1. The minimum atomic E-state index is -0.424. The summed E-state index contributed by atoms with van der Waals surface area (Å²) in [6, 6.07) is 5.02. The summed E-state index contributed by atoms with van der Waals surface area (Å²) in [6.07, 6.45) is 4.15. The molecule has 2 saturated heterocycles.